The first kappa shape index (κ1) is 36.4. The van der Waals surface area contributed by atoms with Crippen LogP contribution >= 0.6 is 0 Å². The molecule has 0 rings (SSSR count). The smallest absolute Gasteiger partial charge is 0.0149 e. The van der Waals surface area contributed by atoms with Crippen molar-refractivity contribution < 1.29 is 94.5 Å². The molecule has 0 aromatic carbocycles. The minimum absolute atomic E-state index is 0. The maximum Gasteiger partial charge on any atom is 0.187 e. The minimum Gasteiger partial charge on any atom is -0.0149 e. The van der Waals surface area contributed by atoms with Crippen molar-refractivity contribution in [2.24, 2.45) is 0 Å². The normalized spacial score (nSPS) is 0. The van der Waals surface area contributed by atoms with E-state index in [4.69, 9.17) is 0 Å². The molecule has 0 nitrogen and oxygen atoms in total. The van der Waals surface area contributed by atoms with Gasteiger partial charge in [0.25, 0.3) is 0 Å². The Labute approximate surface area is 120 Å². The van der Waals surface area contributed by atoms with E-state index in [0.717, 1.165) is 0 Å². The van der Waals surface area contributed by atoms with E-state index < -0.39 is 0 Å². The van der Waals surface area contributed by atoms with Gasteiger partial charge in [0.2, 0.25) is 0 Å². The molecule has 0 atom stereocenters. The summed E-state index contributed by atoms with van der Waals surface area (Å²) in [6, 6.07) is 0. The summed E-state index contributed by atoms with van der Waals surface area (Å²) in [6.45, 7) is 0. The Morgan fingerprint density at radius 2 is 1.00 bits per heavy atom. The minimum atomic E-state index is 0. The molecular weight excluding hydrogens is 374 g/mol. The average molecular weight is 381 g/mol. The third-order valence-corrected chi connectivity index (χ3v) is 0. The van der Waals surface area contributed by atoms with Gasteiger partial charge in [0.05, 0.1) is 0 Å². The van der Waals surface area contributed by atoms with Gasteiger partial charge in [-0.3, -0.25) is 0 Å². The van der Waals surface area contributed by atoms with Crippen LogP contribution in [0.3, 0.4) is 0 Å². The molecule has 0 amide bonds. The van der Waals surface area contributed by atoms with Gasteiger partial charge in [-0.05, 0) is 11.0 Å². The Kier molecular flexibility index (Phi) is 179. The van der Waals surface area contributed by atoms with E-state index in [9.17, 15) is 0 Å². The van der Waals surface area contributed by atoms with Gasteiger partial charge < -0.3 is 0 Å². The van der Waals surface area contributed by atoms with Crippen LogP contribution < -0.4 is 0 Å². The molecule has 0 aliphatic rings. The van der Waals surface area contributed by atoms with Crippen LogP contribution in [0.1, 0.15) is 0 Å². The van der Waals surface area contributed by atoms with Crippen LogP contribution in [0.4, 0.5) is 0 Å². The van der Waals surface area contributed by atoms with Crippen LogP contribution in [0.2, 0.25) is 0 Å². The summed E-state index contributed by atoms with van der Waals surface area (Å²) in [7, 11) is 0. The first-order valence-electron chi connectivity index (χ1n) is 0. The first-order chi connectivity index (χ1) is 0. The molecule has 0 aliphatic heterocycles. The average Bonchev–Trinajstić information content (AvgIpc) is 0. The fourth-order valence-corrected chi connectivity index (χ4v) is 0. The fourth-order valence-electron chi connectivity index (χ4n) is 0. The number of hydrogen-bond acceptors (Lipinski definition) is 0. The van der Waals surface area contributed by atoms with Crippen LogP contribution in [-0.2, 0) is 58.9 Å². The van der Waals surface area contributed by atoms with E-state index in [1.807, 2.05) is 0 Å². The summed E-state index contributed by atoms with van der Waals surface area (Å²) in [6.07, 6.45) is 0. The second-order valence-corrected chi connectivity index (χ2v) is 0. The molecule has 0 bridgehead atoms. The molecule has 0 heterocycles. The van der Waals surface area contributed by atoms with E-state index in [1.54, 1.807) is 0 Å². The molecule has 5 heavy (non-hydrogen) atoms. The summed E-state index contributed by atoms with van der Waals surface area (Å²) >= 11 is 0. The molecule has 0 N–H and O–H groups in total. The Bertz CT molecular complexity index is 11.6. The second-order valence-electron chi connectivity index (χ2n) is 0. The van der Waals surface area contributed by atoms with Crippen molar-refractivity contribution >= 4 is 28.3 Å². The predicted molar refractivity (Wildman–Crippen MR) is 21.3 cm³/mol. The van der Waals surface area contributed by atoms with Gasteiger partial charge in [0, 0.05) is 94.5 Å². The Balaban J connectivity index is 0. The standard InChI is InChI=1S/Al.La.H4Si.Y.Zr.3H/h;;1H4;;;;;. The van der Waals surface area contributed by atoms with Crippen molar-refractivity contribution in [3.63, 3.8) is 0 Å². The van der Waals surface area contributed by atoms with Gasteiger partial charge >= 0.3 is 0 Å². The van der Waals surface area contributed by atoms with E-state index >= 15 is 0 Å². The van der Waals surface area contributed by atoms with E-state index in [-0.39, 0.29) is 123 Å². The molecule has 0 aromatic heterocycles. The van der Waals surface area contributed by atoms with E-state index in [1.165, 1.54) is 0 Å². The Morgan fingerprint density at radius 3 is 1.00 bits per heavy atom. The maximum atomic E-state index is 0. The van der Waals surface area contributed by atoms with Gasteiger partial charge in [-0.1, -0.05) is 0 Å². The van der Waals surface area contributed by atoms with Crippen molar-refractivity contribution in [3.8, 4) is 0 Å². The zero-order valence-corrected chi connectivity index (χ0v) is 10.6. The maximum absolute atomic E-state index is 0. The first-order valence-corrected chi connectivity index (χ1v) is 0. The number of hydrogen-bond donors (Lipinski definition) is 0. The molecule has 0 spiro atoms. The van der Waals surface area contributed by atoms with Crippen molar-refractivity contribution in [3.05, 3.63) is 0 Å². The molecular formula is H7AlLaSiYZr. The van der Waals surface area contributed by atoms with Crippen LogP contribution in [0.15, 0.2) is 0 Å². The molecule has 2 radical (unpaired) electrons. The molecule has 0 saturated carbocycles. The summed E-state index contributed by atoms with van der Waals surface area (Å²) in [4.78, 5) is 0. The SMILES string of the molecule is [AlH3].[La].[SiH4].[Y].[Zr]. The fraction of sp³-hybridized carbons (Fsp3) is 0. The van der Waals surface area contributed by atoms with Crippen molar-refractivity contribution in [1.82, 2.24) is 0 Å². The van der Waals surface area contributed by atoms with E-state index in [0.29, 0.717) is 0 Å². The van der Waals surface area contributed by atoms with Crippen molar-refractivity contribution in [2.75, 3.05) is 0 Å². The monoisotopic (exact) mass is 380 g/mol. The van der Waals surface area contributed by atoms with Crippen molar-refractivity contribution in [1.29, 1.82) is 0 Å². The largest absolute Gasteiger partial charge is 0.187 e. The van der Waals surface area contributed by atoms with Crippen LogP contribution in [0.25, 0.3) is 0 Å². The summed E-state index contributed by atoms with van der Waals surface area (Å²) in [5.41, 5.74) is 0. The van der Waals surface area contributed by atoms with Gasteiger partial charge in [0.15, 0.2) is 17.4 Å². The summed E-state index contributed by atoms with van der Waals surface area (Å²) in [5, 5.41) is 0. The molecule has 0 fully saturated rings. The van der Waals surface area contributed by atoms with Crippen molar-refractivity contribution in [2.45, 2.75) is 0 Å². The molecule has 0 aromatic rings. The number of rotatable bonds is 0. The molecule has 0 aliphatic carbocycles. The third-order valence-electron chi connectivity index (χ3n) is 0. The molecule has 0 unspecified atom stereocenters. The Morgan fingerprint density at radius 1 is 1.00 bits per heavy atom. The third kappa shape index (κ3) is 18.1. The summed E-state index contributed by atoms with van der Waals surface area (Å²) in [5.74, 6) is 0. The molecule has 24 valence electrons. The Hall–Kier alpha value is 3.93. The van der Waals surface area contributed by atoms with Gasteiger partial charge in [-0.15, -0.1) is 0 Å². The van der Waals surface area contributed by atoms with Crippen LogP contribution in [0, 0.1) is 35.6 Å². The zero-order chi connectivity index (χ0) is 0. The van der Waals surface area contributed by atoms with Gasteiger partial charge in [-0.2, -0.15) is 0 Å². The zero-order valence-electron chi connectivity index (χ0n) is 1.65. The summed E-state index contributed by atoms with van der Waals surface area (Å²) < 4.78 is 0. The van der Waals surface area contributed by atoms with Crippen LogP contribution in [0.5, 0.6) is 0 Å². The van der Waals surface area contributed by atoms with Gasteiger partial charge in [-0.25, -0.2) is 0 Å². The molecule has 5 heteroatoms. The molecule has 0 saturated heterocycles. The predicted octanol–water partition coefficient (Wildman–Crippen LogP) is -2.64. The second kappa shape index (κ2) is 24.7. The van der Waals surface area contributed by atoms with E-state index in [2.05, 4.69) is 0 Å². The quantitative estimate of drug-likeness (QED) is 0.403. The van der Waals surface area contributed by atoms with Crippen LogP contribution in [-0.4, -0.2) is 28.3 Å². The topological polar surface area (TPSA) is 0 Å². The van der Waals surface area contributed by atoms with Gasteiger partial charge in [0.1, 0.15) is 0 Å².